The molecule has 0 aromatic carbocycles. The van der Waals surface area contributed by atoms with Gasteiger partial charge in [-0.3, -0.25) is 4.99 Å². The molecule has 1 aliphatic rings. The van der Waals surface area contributed by atoms with Crippen molar-refractivity contribution >= 4 is 12.8 Å². The van der Waals surface area contributed by atoms with Gasteiger partial charge >= 0.3 is 7.12 Å². The van der Waals surface area contributed by atoms with Gasteiger partial charge in [0.25, 0.3) is 0 Å². The summed E-state index contributed by atoms with van der Waals surface area (Å²) in [6.07, 6.45) is 24.5. The average molecular weight is 405 g/mol. The minimum Gasteiger partial charge on any atom is -0.409 e. The van der Waals surface area contributed by atoms with E-state index in [-0.39, 0.29) is 19.3 Å². The van der Waals surface area contributed by atoms with Crippen LogP contribution in [0, 0.1) is 0 Å². The average Bonchev–Trinajstić information content (AvgIpc) is 2.71. The zero-order valence-electron chi connectivity index (χ0n) is 20.0. The number of rotatable bonds is 17. The molecule has 1 rings (SSSR count). The minimum atomic E-state index is -0.0600. The Morgan fingerprint density at radius 3 is 2.03 bits per heavy atom. The normalized spacial score (nSPS) is 19.8. The van der Waals surface area contributed by atoms with Crippen LogP contribution in [0.3, 0.4) is 0 Å². The molecule has 0 bridgehead atoms. The Kier molecular flexibility index (Phi) is 16.6. The second kappa shape index (κ2) is 18.2. The van der Waals surface area contributed by atoms with Crippen molar-refractivity contribution in [2.45, 2.75) is 136 Å². The summed E-state index contributed by atoms with van der Waals surface area (Å²) < 4.78 is 12.1. The SMILES string of the molecule is CCCCCCCCCCCCC/C=C/C1OB(CCCC)OCC1N=C(C)C. The highest BCUT2D eigenvalue weighted by Gasteiger charge is 2.33. The molecule has 4 heteroatoms. The molecule has 3 nitrogen and oxygen atoms in total. The zero-order valence-corrected chi connectivity index (χ0v) is 20.0. The first kappa shape index (κ1) is 26.4. The van der Waals surface area contributed by atoms with Crippen LogP contribution in [-0.2, 0) is 9.31 Å². The second-order valence-corrected chi connectivity index (χ2v) is 8.90. The van der Waals surface area contributed by atoms with Crippen LogP contribution in [0.5, 0.6) is 0 Å². The monoisotopic (exact) mass is 405 g/mol. The van der Waals surface area contributed by atoms with E-state index in [9.17, 15) is 0 Å². The number of unbranched alkanes of at least 4 members (excludes halogenated alkanes) is 12. The maximum atomic E-state index is 6.19. The van der Waals surface area contributed by atoms with Gasteiger partial charge in [-0.25, -0.2) is 0 Å². The van der Waals surface area contributed by atoms with Gasteiger partial charge in [0.2, 0.25) is 0 Å². The molecule has 1 fully saturated rings. The number of aliphatic imine (C=N–C) groups is 1. The van der Waals surface area contributed by atoms with E-state index >= 15 is 0 Å². The van der Waals surface area contributed by atoms with Gasteiger partial charge in [-0.05, 0) is 33.0 Å². The highest BCUT2D eigenvalue weighted by Crippen LogP contribution is 2.20. The minimum absolute atomic E-state index is 0.0600. The van der Waals surface area contributed by atoms with Gasteiger partial charge in [0, 0.05) is 5.71 Å². The fraction of sp³-hybridized carbons (Fsp3) is 0.880. The molecule has 0 radical (unpaired) electrons. The van der Waals surface area contributed by atoms with E-state index in [4.69, 9.17) is 14.3 Å². The summed E-state index contributed by atoms with van der Waals surface area (Å²) in [6.45, 7) is 9.27. The number of nitrogens with zero attached hydrogens (tertiary/aromatic N) is 1. The van der Waals surface area contributed by atoms with E-state index in [1.165, 1.54) is 77.0 Å². The Balaban J connectivity index is 2.16. The third kappa shape index (κ3) is 14.1. The van der Waals surface area contributed by atoms with Gasteiger partial charge in [0.1, 0.15) is 0 Å². The van der Waals surface area contributed by atoms with Gasteiger partial charge in [-0.1, -0.05) is 103 Å². The topological polar surface area (TPSA) is 30.8 Å². The van der Waals surface area contributed by atoms with E-state index in [0.29, 0.717) is 6.61 Å². The molecule has 1 saturated heterocycles. The van der Waals surface area contributed by atoms with Gasteiger partial charge in [0.15, 0.2) is 0 Å². The third-order valence-corrected chi connectivity index (χ3v) is 5.66. The molecule has 0 spiro atoms. The van der Waals surface area contributed by atoms with E-state index in [1.54, 1.807) is 0 Å². The first-order chi connectivity index (χ1) is 14.2. The lowest BCUT2D eigenvalue weighted by Gasteiger charge is -2.32. The second-order valence-electron chi connectivity index (χ2n) is 8.90. The van der Waals surface area contributed by atoms with E-state index in [2.05, 4.69) is 39.8 Å². The molecule has 0 aliphatic carbocycles. The summed E-state index contributed by atoms with van der Waals surface area (Å²) in [6, 6.07) is 0.103. The first-order valence-corrected chi connectivity index (χ1v) is 12.6. The van der Waals surface area contributed by atoms with Crippen molar-refractivity contribution in [2.24, 2.45) is 4.99 Å². The standard InChI is InChI=1S/C25H48BNO2/c1-5-7-9-10-11-12-13-14-15-16-17-18-19-20-25-24(27-23(3)4)22-28-26(29-25)21-8-6-2/h19-20,24-25H,5-18,21-22H2,1-4H3/b20-19+. The Hall–Kier alpha value is -0.605. The summed E-state index contributed by atoms with van der Waals surface area (Å²) in [7, 11) is -0.0600. The Bertz CT molecular complexity index is 435. The number of hydrogen-bond acceptors (Lipinski definition) is 3. The lowest BCUT2D eigenvalue weighted by atomic mass is 9.80. The van der Waals surface area contributed by atoms with E-state index < -0.39 is 0 Å². The van der Waals surface area contributed by atoms with Crippen LogP contribution in [0.15, 0.2) is 17.1 Å². The van der Waals surface area contributed by atoms with Crippen molar-refractivity contribution in [1.82, 2.24) is 0 Å². The van der Waals surface area contributed by atoms with E-state index in [0.717, 1.165) is 24.9 Å². The largest absolute Gasteiger partial charge is 0.457 e. The van der Waals surface area contributed by atoms with Gasteiger partial charge < -0.3 is 9.31 Å². The van der Waals surface area contributed by atoms with Gasteiger partial charge in [-0.2, -0.15) is 0 Å². The molecule has 0 amide bonds. The quantitative estimate of drug-likeness (QED) is 0.107. The zero-order chi connectivity index (χ0) is 21.2. The molecule has 0 aromatic heterocycles. The lowest BCUT2D eigenvalue weighted by Crippen LogP contribution is -2.44. The molecule has 1 aliphatic heterocycles. The smallest absolute Gasteiger partial charge is 0.409 e. The number of hydrogen-bond donors (Lipinski definition) is 0. The molecule has 0 aromatic rings. The first-order valence-electron chi connectivity index (χ1n) is 12.6. The Morgan fingerprint density at radius 1 is 0.862 bits per heavy atom. The molecular weight excluding hydrogens is 357 g/mol. The van der Waals surface area contributed by atoms with Gasteiger partial charge in [-0.15, -0.1) is 0 Å². The summed E-state index contributed by atoms with van der Waals surface area (Å²) in [5, 5.41) is 0. The van der Waals surface area contributed by atoms with Crippen molar-refractivity contribution < 1.29 is 9.31 Å². The predicted octanol–water partition coefficient (Wildman–Crippen LogP) is 7.80. The fourth-order valence-corrected chi connectivity index (χ4v) is 3.90. The van der Waals surface area contributed by atoms with Crippen LogP contribution in [0.2, 0.25) is 6.32 Å². The number of allylic oxidation sites excluding steroid dienone is 1. The molecule has 1 heterocycles. The van der Waals surface area contributed by atoms with Crippen molar-refractivity contribution in [3.05, 3.63) is 12.2 Å². The maximum absolute atomic E-state index is 6.19. The molecule has 2 unspecified atom stereocenters. The Labute approximate surface area is 182 Å². The highest BCUT2D eigenvalue weighted by atomic mass is 16.6. The molecular formula is C25H48BNO2. The lowest BCUT2D eigenvalue weighted by molar-refractivity contribution is 0.0743. The Morgan fingerprint density at radius 2 is 1.45 bits per heavy atom. The molecule has 168 valence electrons. The molecule has 2 atom stereocenters. The molecule has 29 heavy (non-hydrogen) atoms. The van der Waals surface area contributed by atoms with Crippen LogP contribution in [-0.4, -0.2) is 31.6 Å². The van der Waals surface area contributed by atoms with Gasteiger partial charge in [0.05, 0.1) is 18.8 Å². The summed E-state index contributed by atoms with van der Waals surface area (Å²) in [4.78, 5) is 4.73. The maximum Gasteiger partial charge on any atom is 0.457 e. The third-order valence-electron chi connectivity index (χ3n) is 5.66. The highest BCUT2D eigenvalue weighted by molar-refractivity contribution is 6.44. The fourth-order valence-electron chi connectivity index (χ4n) is 3.90. The summed E-state index contributed by atoms with van der Waals surface area (Å²) in [5.41, 5.74) is 1.10. The molecule has 0 N–H and O–H groups in total. The predicted molar refractivity (Wildman–Crippen MR) is 129 cm³/mol. The van der Waals surface area contributed by atoms with Crippen LogP contribution < -0.4 is 0 Å². The van der Waals surface area contributed by atoms with Crippen LogP contribution in [0.25, 0.3) is 0 Å². The van der Waals surface area contributed by atoms with Crippen LogP contribution >= 0.6 is 0 Å². The molecule has 0 saturated carbocycles. The summed E-state index contributed by atoms with van der Waals surface area (Å²) >= 11 is 0. The van der Waals surface area contributed by atoms with Crippen molar-refractivity contribution in [1.29, 1.82) is 0 Å². The van der Waals surface area contributed by atoms with Crippen LogP contribution in [0.4, 0.5) is 0 Å². The van der Waals surface area contributed by atoms with Crippen molar-refractivity contribution in [2.75, 3.05) is 6.61 Å². The van der Waals surface area contributed by atoms with Crippen molar-refractivity contribution in [3.63, 3.8) is 0 Å². The van der Waals surface area contributed by atoms with E-state index in [1.807, 2.05) is 0 Å². The van der Waals surface area contributed by atoms with Crippen LogP contribution in [0.1, 0.15) is 118 Å². The summed E-state index contributed by atoms with van der Waals surface area (Å²) in [5.74, 6) is 0. The van der Waals surface area contributed by atoms with Crippen molar-refractivity contribution in [3.8, 4) is 0 Å².